The lowest BCUT2D eigenvalue weighted by Crippen LogP contribution is -2.30. The molecule has 0 spiro atoms. The Morgan fingerprint density at radius 3 is 2.74 bits per heavy atom. The lowest BCUT2D eigenvalue weighted by Gasteiger charge is -2.16. The Hall–Kier alpha value is -2.20. The topological polar surface area (TPSA) is 47.6 Å². The third kappa shape index (κ3) is 5.18. The second kappa shape index (κ2) is 8.44. The molecule has 0 saturated heterocycles. The molecule has 0 radical (unpaired) electrons. The molecule has 2 aromatic carbocycles. The van der Waals surface area contributed by atoms with E-state index in [1.54, 1.807) is 37.3 Å². The number of benzene rings is 2. The van der Waals surface area contributed by atoms with Crippen molar-refractivity contribution in [3.8, 4) is 11.5 Å². The molecule has 2 rings (SSSR count). The van der Waals surface area contributed by atoms with Gasteiger partial charge in [0.2, 0.25) is 0 Å². The van der Waals surface area contributed by atoms with E-state index in [1.807, 2.05) is 25.1 Å². The zero-order valence-electron chi connectivity index (χ0n) is 13.2. The fourth-order valence-electron chi connectivity index (χ4n) is 1.94. The standard InChI is InChI=1S/C18H20ClNO3/c1-3-11-22-17-10-5-4-9-16(17)20-18(21)13(2)23-15-8-6-7-14(19)12-15/h4-10,12-13H,3,11H2,1-2H3,(H,20,21). The molecule has 0 aliphatic carbocycles. The Labute approximate surface area is 141 Å². The Morgan fingerprint density at radius 2 is 2.00 bits per heavy atom. The Morgan fingerprint density at radius 1 is 1.22 bits per heavy atom. The van der Waals surface area contributed by atoms with Gasteiger partial charge in [-0.05, 0) is 43.7 Å². The van der Waals surface area contributed by atoms with Crippen LogP contribution in [0, 0.1) is 0 Å². The zero-order valence-corrected chi connectivity index (χ0v) is 14.0. The van der Waals surface area contributed by atoms with Gasteiger partial charge in [0.15, 0.2) is 6.10 Å². The zero-order chi connectivity index (χ0) is 16.7. The highest BCUT2D eigenvalue weighted by atomic mass is 35.5. The number of rotatable bonds is 7. The van der Waals surface area contributed by atoms with Crippen molar-refractivity contribution in [2.75, 3.05) is 11.9 Å². The second-order valence-electron chi connectivity index (χ2n) is 5.05. The van der Waals surface area contributed by atoms with Crippen LogP contribution in [0.25, 0.3) is 0 Å². The van der Waals surface area contributed by atoms with E-state index in [0.29, 0.717) is 28.8 Å². The highest BCUT2D eigenvalue weighted by Crippen LogP contribution is 2.24. The molecule has 0 fully saturated rings. The summed E-state index contributed by atoms with van der Waals surface area (Å²) >= 11 is 5.91. The van der Waals surface area contributed by atoms with Gasteiger partial charge in [-0.3, -0.25) is 4.79 Å². The van der Waals surface area contributed by atoms with Gasteiger partial charge in [-0.2, -0.15) is 0 Å². The molecule has 2 aromatic rings. The van der Waals surface area contributed by atoms with E-state index in [9.17, 15) is 4.79 Å². The molecule has 4 nitrogen and oxygen atoms in total. The summed E-state index contributed by atoms with van der Waals surface area (Å²) in [5.41, 5.74) is 0.632. The summed E-state index contributed by atoms with van der Waals surface area (Å²) in [6.45, 7) is 4.31. The van der Waals surface area contributed by atoms with Gasteiger partial charge >= 0.3 is 0 Å². The molecule has 1 N–H and O–H groups in total. The van der Waals surface area contributed by atoms with Crippen molar-refractivity contribution < 1.29 is 14.3 Å². The van der Waals surface area contributed by atoms with E-state index >= 15 is 0 Å². The summed E-state index contributed by atoms with van der Waals surface area (Å²) in [6.07, 6.45) is 0.240. The van der Waals surface area contributed by atoms with Crippen molar-refractivity contribution in [1.29, 1.82) is 0 Å². The number of ether oxygens (including phenoxy) is 2. The maximum absolute atomic E-state index is 12.3. The van der Waals surface area contributed by atoms with Crippen LogP contribution in [0.4, 0.5) is 5.69 Å². The summed E-state index contributed by atoms with van der Waals surface area (Å²) in [5.74, 6) is 0.950. The third-order valence-corrected chi connectivity index (χ3v) is 3.32. The molecule has 0 aliphatic rings. The van der Waals surface area contributed by atoms with E-state index in [-0.39, 0.29) is 5.91 Å². The highest BCUT2D eigenvalue weighted by molar-refractivity contribution is 6.30. The summed E-state index contributed by atoms with van der Waals surface area (Å²) < 4.78 is 11.2. The summed E-state index contributed by atoms with van der Waals surface area (Å²) in [6, 6.07) is 14.3. The minimum atomic E-state index is -0.660. The Bertz CT molecular complexity index is 660. The van der Waals surface area contributed by atoms with Crippen molar-refractivity contribution in [2.45, 2.75) is 26.4 Å². The predicted octanol–water partition coefficient (Wildman–Crippen LogP) is 4.53. The van der Waals surface area contributed by atoms with Crippen molar-refractivity contribution >= 4 is 23.2 Å². The Balaban J connectivity index is 2.01. The lowest BCUT2D eigenvalue weighted by atomic mass is 10.2. The number of carbonyl (C=O) groups excluding carboxylic acids is 1. The van der Waals surface area contributed by atoms with E-state index < -0.39 is 6.10 Å². The van der Waals surface area contributed by atoms with E-state index in [0.717, 1.165) is 6.42 Å². The number of anilines is 1. The minimum Gasteiger partial charge on any atom is -0.491 e. The normalized spacial score (nSPS) is 11.6. The van der Waals surface area contributed by atoms with Gasteiger partial charge in [-0.1, -0.05) is 36.7 Å². The number of para-hydroxylation sites is 2. The largest absolute Gasteiger partial charge is 0.491 e. The van der Waals surface area contributed by atoms with Gasteiger partial charge < -0.3 is 14.8 Å². The second-order valence-corrected chi connectivity index (χ2v) is 5.49. The molecule has 5 heteroatoms. The quantitative estimate of drug-likeness (QED) is 0.809. The molecular weight excluding hydrogens is 314 g/mol. The van der Waals surface area contributed by atoms with Crippen LogP contribution in [-0.2, 0) is 4.79 Å². The van der Waals surface area contributed by atoms with E-state index in [1.165, 1.54) is 0 Å². The maximum Gasteiger partial charge on any atom is 0.265 e. The fraction of sp³-hybridized carbons (Fsp3) is 0.278. The van der Waals surface area contributed by atoms with Crippen LogP contribution in [0.15, 0.2) is 48.5 Å². The minimum absolute atomic E-state index is 0.252. The Kier molecular flexibility index (Phi) is 6.29. The summed E-state index contributed by atoms with van der Waals surface area (Å²) in [4.78, 5) is 12.3. The molecular formula is C18H20ClNO3. The van der Waals surface area contributed by atoms with Crippen molar-refractivity contribution in [2.24, 2.45) is 0 Å². The van der Waals surface area contributed by atoms with Gasteiger partial charge in [0.05, 0.1) is 12.3 Å². The summed E-state index contributed by atoms with van der Waals surface area (Å²) in [5, 5.41) is 3.40. The van der Waals surface area contributed by atoms with Crippen LogP contribution in [0.5, 0.6) is 11.5 Å². The van der Waals surface area contributed by atoms with Crippen molar-refractivity contribution in [3.63, 3.8) is 0 Å². The average molecular weight is 334 g/mol. The van der Waals surface area contributed by atoms with E-state index in [4.69, 9.17) is 21.1 Å². The molecule has 1 atom stereocenters. The lowest BCUT2D eigenvalue weighted by molar-refractivity contribution is -0.122. The molecule has 0 aromatic heterocycles. The third-order valence-electron chi connectivity index (χ3n) is 3.08. The SMILES string of the molecule is CCCOc1ccccc1NC(=O)C(C)Oc1cccc(Cl)c1. The highest BCUT2D eigenvalue weighted by Gasteiger charge is 2.16. The first-order valence-corrected chi connectivity index (χ1v) is 7.93. The van der Waals surface area contributed by atoms with Crippen LogP contribution in [-0.4, -0.2) is 18.6 Å². The molecule has 1 amide bonds. The molecule has 0 aliphatic heterocycles. The average Bonchev–Trinajstić information content (AvgIpc) is 2.54. The molecule has 23 heavy (non-hydrogen) atoms. The first kappa shape index (κ1) is 17.2. The predicted molar refractivity (Wildman–Crippen MR) is 92.4 cm³/mol. The number of hydrogen-bond acceptors (Lipinski definition) is 3. The summed E-state index contributed by atoms with van der Waals surface area (Å²) in [7, 11) is 0. The fourth-order valence-corrected chi connectivity index (χ4v) is 2.12. The molecule has 122 valence electrons. The first-order chi connectivity index (χ1) is 11.1. The van der Waals surface area contributed by atoms with Crippen molar-refractivity contribution in [3.05, 3.63) is 53.6 Å². The first-order valence-electron chi connectivity index (χ1n) is 7.55. The molecule has 0 bridgehead atoms. The number of hydrogen-bond donors (Lipinski definition) is 1. The van der Waals surface area contributed by atoms with E-state index in [2.05, 4.69) is 5.32 Å². The van der Waals surface area contributed by atoms with Crippen LogP contribution in [0.1, 0.15) is 20.3 Å². The van der Waals surface area contributed by atoms with Crippen molar-refractivity contribution in [1.82, 2.24) is 0 Å². The molecule has 0 heterocycles. The number of carbonyl (C=O) groups is 1. The molecule has 1 unspecified atom stereocenters. The van der Waals surface area contributed by atoms with Gasteiger partial charge in [0.1, 0.15) is 11.5 Å². The van der Waals surface area contributed by atoms with Crippen LogP contribution < -0.4 is 14.8 Å². The van der Waals surface area contributed by atoms with Crippen LogP contribution in [0.3, 0.4) is 0 Å². The number of nitrogens with one attached hydrogen (secondary N) is 1. The van der Waals surface area contributed by atoms with Gasteiger partial charge in [0.25, 0.3) is 5.91 Å². The smallest absolute Gasteiger partial charge is 0.265 e. The van der Waals surface area contributed by atoms with Crippen LogP contribution in [0.2, 0.25) is 5.02 Å². The van der Waals surface area contributed by atoms with Gasteiger partial charge in [-0.15, -0.1) is 0 Å². The maximum atomic E-state index is 12.3. The van der Waals surface area contributed by atoms with Gasteiger partial charge in [-0.25, -0.2) is 0 Å². The van der Waals surface area contributed by atoms with Crippen LogP contribution >= 0.6 is 11.6 Å². The number of amides is 1. The monoisotopic (exact) mass is 333 g/mol. The number of halogens is 1. The molecule has 0 saturated carbocycles. The van der Waals surface area contributed by atoms with Gasteiger partial charge in [0, 0.05) is 5.02 Å².